The van der Waals surface area contributed by atoms with Gasteiger partial charge in [-0.25, -0.2) is 8.42 Å². The summed E-state index contributed by atoms with van der Waals surface area (Å²) >= 11 is 6.28. The zero-order valence-corrected chi connectivity index (χ0v) is 25.3. The van der Waals surface area contributed by atoms with Crippen LogP contribution >= 0.6 is 11.6 Å². The Morgan fingerprint density at radius 3 is 2.20 bits per heavy atom. The molecule has 0 radical (unpaired) electrons. The topological polar surface area (TPSA) is 86.8 Å². The lowest BCUT2D eigenvalue weighted by Gasteiger charge is -2.32. The summed E-state index contributed by atoms with van der Waals surface area (Å²) < 4.78 is 29.0. The molecule has 3 aromatic rings. The number of sulfonamides is 1. The SMILES string of the molecule is Cc1ccc(S(=O)(=O)N(CC(=O)N(CCc2ccccc2)[C@H](C)C(=O)NCC(C)C)c2cc(Cl)ccc2C)cc1. The van der Waals surface area contributed by atoms with Gasteiger partial charge in [0.1, 0.15) is 12.6 Å². The van der Waals surface area contributed by atoms with Crippen LogP contribution in [-0.2, 0) is 26.0 Å². The van der Waals surface area contributed by atoms with Crippen LogP contribution in [0.25, 0.3) is 0 Å². The molecule has 1 atom stereocenters. The van der Waals surface area contributed by atoms with E-state index in [2.05, 4.69) is 5.32 Å². The molecule has 3 rings (SSSR count). The van der Waals surface area contributed by atoms with Crippen molar-refractivity contribution in [2.75, 3.05) is 23.9 Å². The summed E-state index contributed by atoms with van der Waals surface area (Å²) in [5.74, 6) is -0.536. The zero-order chi connectivity index (χ0) is 29.4. The lowest BCUT2D eigenvalue weighted by atomic mass is 10.1. The number of amides is 2. The molecule has 214 valence electrons. The molecule has 1 N–H and O–H groups in total. The summed E-state index contributed by atoms with van der Waals surface area (Å²) in [6.07, 6.45) is 0.509. The molecule has 0 aliphatic rings. The van der Waals surface area contributed by atoms with Gasteiger partial charge in [-0.2, -0.15) is 0 Å². The highest BCUT2D eigenvalue weighted by molar-refractivity contribution is 7.92. The third-order valence-corrected chi connectivity index (χ3v) is 8.67. The molecule has 7 nitrogen and oxygen atoms in total. The number of carbonyl (C=O) groups excluding carboxylic acids is 2. The van der Waals surface area contributed by atoms with Crippen LogP contribution in [0.4, 0.5) is 5.69 Å². The van der Waals surface area contributed by atoms with Crippen LogP contribution in [-0.4, -0.2) is 50.8 Å². The van der Waals surface area contributed by atoms with Gasteiger partial charge < -0.3 is 10.2 Å². The highest BCUT2D eigenvalue weighted by atomic mass is 35.5. The van der Waals surface area contributed by atoms with Crippen molar-refractivity contribution in [3.8, 4) is 0 Å². The van der Waals surface area contributed by atoms with Crippen LogP contribution in [0.2, 0.25) is 5.02 Å². The summed E-state index contributed by atoms with van der Waals surface area (Å²) in [5, 5.41) is 3.24. The van der Waals surface area contributed by atoms with Crippen LogP contribution in [0.15, 0.2) is 77.7 Å². The van der Waals surface area contributed by atoms with E-state index in [1.54, 1.807) is 44.2 Å². The van der Waals surface area contributed by atoms with Crippen molar-refractivity contribution in [2.45, 2.75) is 52.0 Å². The second-order valence-corrected chi connectivity index (χ2v) is 12.7. The second-order valence-electron chi connectivity index (χ2n) is 10.4. The highest BCUT2D eigenvalue weighted by Gasteiger charge is 2.33. The normalized spacial score (nSPS) is 12.2. The molecule has 3 aromatic carbocycles. The van der Waals surface area contributed by atoms with Gasteiger partial charge in [0.15, 0.2) is 0 Å². The molecular weight excluding hydrogens is 546 g/mol. The predicted octanol–water partition coefficient (Wildman–Crippen LogP) is 5.38. The van der Waals surface area contributed by atoms with Gasteiger partial charge in [0, 0.05) is 18.1 Å². The van der Waals surface area contributed by atoms with E-state index in [1.807, 2.05) is 51.1 Å². The van der Waals surface area contributed by atoms with E-state index >= 15 is 0 Å². The van der Waals surface area contributed by atoms with Gasteiger partial charge >= 0.3 is 0 Å². The Morgan fingerprint density at radius 1 is 0.925 bits per heavy atom. The molecule has 0 aromatic heterocycles. The Balaban J connectivity index is 2.00. The lowest BCUT2D eigenvalue weighted by Crippen LogP contribution is -2.52. The number of nitrogens with one attached hydrogen (secondary N) is 1. The van der Waals surface area contributed by atoms with Crippen molar-refractivity contribution in [2.24, 2.45) is 5.92 Å². The molecule has 0 bridgehead atoms. The average molecular weight is 584 g/mol. The molecule has 0 saturated carbocycles. The maximum Gasteiger partial charge on any atom is 0.264 e. The monoisotopic (exact) mass is 583 g/mol. The number of nitrogens with zero attached hydrogens (tertiary/aromatic N) is 2. The number of hydrogen-bond acceptors (Lipinski definition) is 4. The third-order valence-electron chi connectivity index (χ3n) is 6.66. The fourth-order valence-corrected chi connectivity index (χ4v) is 5.86. The molecular formula is C31H38ClN3O4S. The molecule has 0 aliphatic carbocycles. The van der Waals surface area contributed by atoms with Crippen molar-refractivity contribution < 1.29 is 18.0 Å². The van der Waals surface area contributed by atoms with Crippen LogP contribution in [0, 0.1) is 19.8 Å². The first-order chi connectivity index (χ1) is 18.9. The van der Waals surface area contributed by atoms with Gasteiger partial charge in [0.2, 0.25) is 11.8 Å². The maximum absolute atomic E-state index is 14.0. The van der Waals surface area contributed by atoms with Crippen LogP contribution in [0.3, 0.4) is 0 Å². The quantitative estimate of drug-likeness (QED) is 0.310. The van der Waals surface area contributed by atoms with Gasteiger partial charge in [-0.15, -0.1) is 0 Å². The first-order valence-electron chi connectivity index (χ1n) is 13.4. The number of rotatable bonds is 12. The third kappa shape index (κ3) is 8.08. The van der Waals surface area contributed by atoms with Crippen molar-refractivity contribution in [3.05, 3.63) is 94.5 Å². The largest absolute Gasteiger partial charge is 0.354 e. The first-order valence-corrected chi connectivity index (χ1v) is 15.2. The Morgan fingerprint density at radius 2 is 1.57 bits per heavy atom. The number of aryl methyl sites for hydroxylation is 2. The fourth-order valence-electron chi connectivity index (χ4n) is 4.22. The zero-order valence-electron chi connectivity index (χ0n) is 23.7. The summed E-state index contributed by atoms with van der Waals surface area (Å²) in [6.45, 7) is 9.51. The summed E-state index contributed by atoms with van der Waals surface area (Å²) in [6, 6.07) is 20.3. The van der Waals surface area contributed by atoms with Crippen LogP contribution in [0.1, 0.15) is 37.5 Å². The highest BCUT2D eigenvalue weighted by Crippen LogP contribution is 2.30. The minimum atomic E-state index is -4.15. The van der Waals surface area contributed by atoms with Crippen molar-refractivity contribution in [1.29, 1.82) is 0 Å². The van der Waals surface area contributed by atoms with Crippen molar-refractivity contribution >= 4 is 39.1 Å². The predicted molar refractivity (Wildman–Crippen MR) is 161 cm³/mol. The molecule has 0 aliphatic heterocycles. The van der Waals surface area contributed by atoms with E-state index in [-0.39, 0.29) is 23.3 Å². The Labute approximate surface area is 243 Å². The van der Waals surface area contributed by atoms with E-state index in [4.69, 9.17) is 11.6 Å². The maximum atomic E-state index is 14.0. The minimum absolute atomic E-state index is 0.0591. The molecule has 9 heteroatoms. The molecule has 0 unspecified atom stereocenters. The first kappa shape index (κ1) is 31.2. The summed E-state index contributed by atoms with van der Waals surface area (Å²) in [7, 11) is -4.15. The van der Waals surface area contributed by atoms with Crippen LogP contribution < -0.4 is 9.62 Å². The van der Waals surface area contributed by atoms with E-state index < -0.39 is 28.5 Å². The van der Waals surface area contributed by atoms with E-state index in [1.165, 1.54) is 17.0 Å². The fraction of sp³-hybridized carbons (Fsp3) is 0.355. The number of anilines is 1. The van der Waals surface area contributed by atoms with Crippen molar-refractivity contribution in [3.63, 3.8) is 0 Å². The summed E-state index contributed by atoms with van der Waals surface area (Å²) in [5.41, 5.74) is 2.87. The standard InChI is InChI=1S/C31H38ClN3O4S/c1-22(2)20-33-31(37)25(5)34(18-17-26-9-7-6-8-10-26)30(36)21-35(29-19-27(32)14-13-24(29)4)40(38,39)28-15-11-23(3)12-16-28/h6-16,19,22,25H,17-18,20-21H2,1-5H3,(H,33,37)/t25-/m1/s1. The average Bonchev–Trinajstić information content (AvgIpc) is 2.92. The van der Waals surface area contributed by atoms with Gasteiger partial charge in [-0.05, 0) is 68.5 Å². The Kier molecular flexibility index (Phi) is 10.8. The lowest BCUT2D eigenvalue weighted by molar-refractivity contribution is -0.138. The number of benzene rings is 3. The van der Waals surface area contributed by atoms with E-state index in [0.29, 0.717) is 29.2 Å². The molecule has 0 spiro atoms. The Bertz CT molecular complexity index is 1410. The summed E-state index contributed by atoms with van der Waals surface area (Å²) in [4.78, 5) is 28.5. The van der Waals surface area contributed by atoms with Crippen LogP contribution in [0.5, 0.6) is 0 Å². The van der Waals surface area contributed by atoms with Gasteiger partial charge in [-0.3, -0.25) is 13.9 Å². The minimum Gasteiger partial charge on any atom is -0.354 e. The molecule has 0 fully saturated rings. The Hall–Kier alpha value is -3.36. The second kappa shape index (κ2) is 13.8. The molecule has 2 amide bonds. The van der Waals surface area contributed by atoms with Gasteiger partial charge in [-0.1, -0.05) is 79.5 Å². The van der Waals surface area contributed by atoms with Gasteiger partial charge in [0.25, 0.3) is 10.0 Å². The number of halogens is 1. The van der Waals surface area contributed by atoms with E-state index in [0.717, 1.165) is 15.4 Å². The number of hydrogen-bond donors (Lipinski definition) is 1. The van der Waals surface area contributed by atoms with Gasteiger partial charge in [0.05, 0.1) is 10.6 Å². The molecule has 40 heavy (non-hydrogen) atoms. The number of carbonyl (C=O) groups is 2. The van der Waals surface area contributed by atoms with Crippen molar-refractivity contribution in [1.82, 2.24) is 10.2 Å². The molecule has 0 saturated heterocycles. The smallest absolute Gasteiger partial charge is 0.264 e. The van der Waals surface area contributed by atoms with E-state index in [9.17, 15) is 18.0 Å². The molecule has 0 heterocycles.